The summed E-state index contributed by atoms with van der Waals surface area (Å²) in [6.07, 6.45) is 1.69. The molecule has 0 aliphatic rings. The third kappa shape index (κ3) is 9.44. The van der Waals surface area contributed by atoms with Gasteiger partial charge >= 0.3 is 12.1 Å². The number of aliphatic hydroxyl groups excluding tert-OH is 1. The van der Waals surface area contributed by atoms with E-state index in [-0.39, 0.29) is 26.0 Å². The van der Waals surface area contributed by atoms with Crippen LogP contribution < -0.4 is 10.6 Å². The quantitative estimate of drug-likeness (QED) is 0.463. The molecule has 2 aromatic carbocycles. The first-order chi connectivity index (χ1) is 15.5. The molecule has 8 nitrogen and oxygen atoms in total. The molecule has 0 saturated heterocycles. The van der Waals surface area contributed by atoms with E-state index in [1.807, 2.05) is 66.7 Å². The van der Waals surface area contributed by atoms with E-state index in [0.29, 0.717) is 0 Å². The van der Waals surface area contributed by atoms with E-state index >= 15 is 0 Å². The van der Waals surface area contributed by atoms with Crippen molar-refractivity contribution in [2.24, 2.45) is 0 Å². The van der Waals surface area contributed by atoms with Crippen LogP contribution in [0.1, 0.15) is 24.0 Å². The lowest BCUT2D eigenvalue weighted by atomic mass is 10.1. The lowest BCUT2D eigenvalue weighted by Gasteiger charge is -2.17. The van der Waals surface area contributed by atoms with Gasteiger partial charge in [-0.3, -0.25) is 4.79 Å². The van der Waals surface area contributed by atoms with Gasteiger partial charge in [-0.15, -0.1) is 0 Å². The molecule has 2 aromatic rings. The molecule has 0 spiro atoms. The second-order valence-electron chi connectivity index (χ2n) is 6.99. The summed E-state index contributed by atoms with van der Waals surface area (Å²) < 4.78 is 9.78. The summed E-state index contributed by atoms with van der Waals surface area (Å²) in [6, 6.07) is 17.8. The fourth-order valence-corrected chi connectivity index (χ4v) is 2.78. The molecule has 0 aliphatic carbocycles. The van der Waals surface area contributed by atoms with E-state index in [1.165, 1.54) is 7.11 Å². The molecular formula is C24H28N2O6. The number of esters is 1. The highest BCUT2D eigenvalue weighted by Crippen LogP contribution is 2.05. The lowest BCUT2D eigenvalue weighted by Crippen LogP contribution is -2.43. The second kappa shape index (κ2) is 13.6. The molecule has 0 bridgehead atoms. The molecule has 3 N–H and O–H groups in total. The molecule has 32 heavy (non-hydrogen) atoms. The minimum Gasteiger partial charge on any atom is -0.467 e. The maximum atomic E-state index is 12.2. The van der Waals surface area contributed by atoms with Gasteiger partial charge in [-0.25, -0.2) is 9.59 Å². The largest absolute Gasteiger partial charge is 0.467 e. The summed E-state index contributed by atoms with van der Waals surface area (Å²) in [6.45, 7) is -0.0710. The van der Waals surface area contributed by atoms with Gasteiger partial charge in [-0.2, -0.15) is 0 Å². The van der Waals surface area contributed by atoms with Crippen LogP contribution in [0, 0.1) is 0 Å². The van der Waals surface area contributed by atoms with Gasteiger partial charge in [-0.05, 0) is 17.5 Å². The number of benzene rings is 2. The Morgan fingerprint density at radius 2 is 1.69 bits per heavy atom. The maximum Gasteiger partial charge on any atom is 0.407 e. The highest BCUT2D eigenvalue weighted by molar-refractivity contribution is 5.84. The van der Waals surface area contributed by atoms with Gasteiger partial charge in [0.05, 0.1) is 19.6 Å². The summed E-state index contributed by atoms with van der Waals surface area (Å²) in [7, 11) is 1.24. The summed E-state index contributed by atoms with van der Waals surface area (Å²) in [5.41, 5.74) is 1.79. The Kier molecular flexibility index (Phi) is 10.5. The molecule has 2 atom stereocenters. The Balaban J connectivity index is 1.74. The minimum atomic E-state index is -1.14. The van der Waals surface area contributed by atoms with Gasteiger partial charge < -0.3 is 25.2 Å². The molecule has 0 unspecified atom stereocenters. The zero-order chi connectivity index (χ0) is 23.2. The number of amides is 2. The number of nitrogens with one attached hydrogen (secondary N) is 2. The fourth-order valence-electron chi connectivity index (χ4n) is 2.78. The van der Waals surface area contributed by atoms with Crippen molar-refractivity contribution in [2.45, 2.75) is 31.6 Å². The zero-order valence-corrected chi connectivity index (χ0v) is 17.9. The first-order valence-electron chi connectivity index (χ1n) is 10.2. The Bertz CT molecular complexity index is 886. The van der Waals surface area contributed by atoms with Crippen LogP contribution in [0.15, 0.2) is 66.7 Å². The normalized spacial score (nSPS) is 12.6. The van der Waals surface area contributed by atoms with Crippen molar-refractivity contribution >= 4 is 24.0 Å². The summed E-state index contributed by atoms with van der Waals surface area (Å²) >= 11 is 0. The van der Waals surface area contributed by atoms with Crippen molar-refractivity contribution in [1.29, 1.82) is 0 Å². The minimum absolute atomic E-state index is 0.0978. The van der Waals surface area contributed by atoms with Gasteiger partial charge in [0.15, 0.2) is 0 Å². The van der Waals surface area contributed by atoms with Crippen LogP contribution in [-0.4, -0.2) is 48.9 Å². The number of methoxy groups -OCH3 is 1. The number of aliphatic hydroxyl groups is 1. The highest BCUT2D eigenvalue weighted by atomic mass is 16.5. The molecule has 0 radical (unpaired) electrons. The van der Waals surface area contributed by atoms with E-state index < -0.39 is 30.1 Å². The van der Waals surface area contributed by atoms with Crippen molar-refractivity contribution in [2.75, 3.05) is 13.7 Å². The van der Waals surface area contributed by atoms with Crippen LogP contribution in [-0.2, 0) is 25.7 Å². The van der Waals surface area contributed by atoms with E-state index in [0.717, 1.165) is 11.1 Å². The van der Waals surface area contributed by atoms with Crippen LogP contribution in [0.25, 0.3) is 6.08 Å². The third-order valence-electron chi connectivity index (χ3n) is 4.42. The van der Waals surface area contributed by atoms with Crippen LogP contribution in [0.3, 0.4) is 0 Å². The smallest absolute Gasteiger partial charge is 0.407 e. The zero-order valence-electron chi connectivity index (χ0n) is 17.9. The molecule has 0 heterocycles. The van der Waals surface area contributed by atoms with Crippen molar-refractivity contribution < 1.29 is 29.0 Å². The average Bonchev–Trinajstić information content (AvgIpc) is 2.81. The number of ether oxygens (including phenoxy) is 2. The Labute approximate surface area is 187 Å². The SMILES string of the molecule is COC(=O)[C@H](C/C=C/c1ccccc1)NC(=O)C[C@@H](O)CNC(=O)OCc1ccccc1. The van der Waals surface area contributed by atoms with Crippen molar-refractivity contribution in [3.05, 3.63) is 77.9 Å². The summed E-state index contributed by atoms with van der Waals surface area (Å²) in [4.78, 5) is 35.9. The number of rotatable bonds is 11. The third-order valence-corrected chi connectivity index (χ3v) is 4.42. The average molecular weight is 440 g/mol. The first kappa shape index (κ1) is 24.6. The Hall–Kier alpha value is -3.65. The molecule has 0 aromatic heterocycles. The molecule has 170 valence electrons. The number of carbonyl (C=O) groups excluding carboxylic acids is 3. The molecule has 0 fully saturated rings. The van der Waals surface area contributed by atoms with Crippen LogP contribution in [0.5, 0.6) is 0 Å². The summed E-state index contributed by atoms with van der Waals surface area (Å²) in [5, 5.41) is 15.0. The van der Waals surface area contributed by atoms with Crippen molar-refractivity contribution in [3.8, 4) is 0 Å². The second-order valence-corrected chi connectivity index (χ2v) is 6.99. The Morgan fingerprint density at radius 1 is 1.03 bits per heavy atom. The number of hydrogen-bond acceptors (Lipinski definition) is 6. The topological polar surface area (TPSA) is 114 Å². The molecular weight excluding hydrogens is 412 g/mol. The number of alkyl carbamates (subject to hydrolysis) is 1. The van der Waals surface area contributed by atoms with Gasteiger partial charge in [-0.1, -0.05) is 72.8 Å². The standard InChI is InChI=1S/C24H28N2O6/c1-31-23(29)21(14-8-13-18-9-4-2-5-10-18)26-22(28)15-20(27)16-25-24(30)32-17-19-11-6-3-7-12-19/h2-13,20-21,27H,14-17H2,1H3,(H,25,30)(H,26,28)/b13-8+/t20-,21+/m1/s1. The van der Waals surface area contributed by atoms with Crippen LogP contribution in [0.4, 0.5) is 4.79 Å². The molecule has 2 rings (SSSR count). The Morgan fingerprint density at radius 3 is 2.34 bits per heavy atom. The first-order valence-corrected chi connectivity index (χ1v) is 10.2. The fraction of sp³-hybridized carbons (Fsp3) is 0.292. The van der Waals surface area contributed by atoms with E-state index in [4.69, 9.17) is 9.47 Å². The van der Waals surface area contributed by atoms with Crippen molar-refractivity contribution in [1.82, 2.24) is 10.6 Å². The van der Waals surface area contributed by atoms with Gasteiger partial charge in [0.1, 0.15) is 12.6 Å². The maximum absolute atomic E-state index is 12.2. The molecule has 2 amide bonds. The number of hydrogen-bond donors (Lipinski definition) is 3. The van der Waals surface area contributed by atoms with Crippen LogP contribution >= 0.6 is 0 Å². The predicted molar refractivity (Wildman–Crippen MR) is 119 cm³/mol. The monoisotopic (exact) mass is 440 g/mol. The highest BCUT2D eigenvalue weighted by Gasteiger charge is 2.22. The van der Waals surface area contributed by atoms with Gasteiger partial charge in [0.25, 0.3) is 0 Å². The van der Waals surface area contributed by atoms with Crippen LogP contribution in [0.2, 0.25) is 0 Å². The van der Waals surface area contributed by atoms with Gasteiger partial charge in [0.2, 0.25) is 5.91 Å². The predicted octanol–water partition coefficient (Wildman–Crippen LogP) is 2.43. The molecule has 8 heteroatoms. The molecule has 0 saturated carbocycles. The van der Waals surface area contributed by atoms with E-state index in [2.05, 4.69) is 10.6 Å². The van der Waals surface area contributed by atoms with E-state index in [9.17, 15) is 19.5 Å². The number of carbonyl (C=O) groups is 3. The molecule has 0 aliphatic heterocycles. The lowest BCUT2D eigenvalue weighted by molar-refractivity contribution is -0.145. The van der Waals surface area contributed by atoms with Gasteiger partial charge in [0, 0.05) is 6.54 Å². The van der Waals surface area contributed by atoms with Crippen molar-refractivity contribution in [3.63, 3.8) is 0 Å². The van der Waals surface area contributed by atoms with E-state index in [1.54, 1.807) is 6.08 Å². The summed E-state index contributed by atoms with van der Waals surface area (Å²) in [5.74, 6) is -1.13.